The Kier molecular flexibility index (Phi) is 6.87. The Morgan fingerprint density at radius 3 is 2.53 bits per heavy atom. The molecule has 5 heteroatoms. The third kappa shape index (κ3) is 5.61. The first-order chi connectivity index (χ1) is 9.04. The van der Waals surface area contributed by atoms with Crippen LogP contribution in [0.25, 0.3) is 0 Å². The molecule has 0 saturated carbocycles. The molecule has 0 aromatic heterocycles. The van der Waals surface area contributed by atoms with E-state index in [1.54, 1.807) is 4.90 Å². The number of rotatable bonds is 7. The molecule has 0 unspecified atom stereocenters. The smallest absolute Gasteiger partial charge is 0.226 e. The molecule has 0 atom stereocenters. The van der Waals surface area contributed by atoms with E-state index in [0.29, 0.717) is 19.6 Å². The lowest BCUT2D eigenvalue weighted by Gasteiger charge is -2.25. The number of nitrogens with zero attached hydrogens (tertiary/aromatic N) is 1. The number of aliphatic hydroxyl groups excluding tert-OH is 1. The zero-order chi connectivity index (χ0) is 14.3. The topological polar surface area (TPSA) is 49.8 Å². The molecule has 4 nitrogen and oxygen atoms in total. The lowest BCUT2D eigenvalue weighted by Crippen LogP contribution is -2.39. The molecule has 1 rings (SSSR count). The van der Waals surface area contributed by atoms with Crippen LogP contribution in [-0.4, -0.2) is 41.7 Å². The molecule has 1 aromatic carbocycles. The molecular weight excluding hydrogens is 310 g/mol. The highest BCUT2D eigenvalue weighted by Crippen LogP contribution is 2.16. The fourth-order valence-electron chi connectivity index (χ4n) is 1.71. The predicted octanol–water partition coefficient (Wildman–Crippen LogP) is 2.45. The van der Waals surface area contributed by atoms with E-state index >= 15 is 0 Å². The van der Waals surface area contributed by atoms with Crippen molar-refractivity contribution in [3.05, 3.63) is 28.7 Å². The summed E-state index contributed by atoms with van der Waals surface area (Å²) in [5, 5.41) is 8.93. The van der Waals surface area contributed by atoms with Crippen LogP contribution < -0.4 is 4.74 Å². The zero-order valence-corrected chi connectivity index (χ0v) is 12.9. The second-order valence-corrected chi connectivity index (χ2v) is 5.37. The SMILES string of the molecule is CC(C)N(CCO)C(=O)CCOc1ccc(Br)cc1. The van der Waals surface area contributed by atoms with Crippen molar-refractivity contribution in [2.24, 2.45) is 0 Å². The molecule has 1 amide bonds. The van der Waals surface area contributed by atoms with Gasteiger partial charge in [-0.25, -0.2) is 0 Å². The van der Waals surface area contributed by atoms with Crippen LogP contribution >= 0.6 is 15.9 Å². The van der Waals surface area contributed by atoms with Gasteiger partial charge in [0.15, 0.2) is 0 Å². The number of ether oxygens (including phenoxy) is 1. The lowest BCUT2D eigenvalue weighted by atomic mass is 10.2. The van der Waals surface area contributed by atoms with Crippen LogP contribution in [0.4, 0.5) is 0 Å². The van der Waals surface area contributed by atoms with Gasteiger partial charge < -0.3 is 14.7 Å². The summed E-state index contributed by atoms with van der Waals surface area (Å²) in [5.74, 6) is 0.746. The summed E-state index contributed by atoms with van der Waals surface area (Å²) in [7, 11) is 0. The number of hydrogen-bond donors (Lipinski definition) is 1. The molecule has 106 valence electrons. The largest absolute Gasteiger partial charge is 0.493 e. The first-order valence-electron chi connectivity index (χ1n) is 6.33. The van der Waals surface area contributed by atoms with Gasteiger partial charge in [0.25, 0.3) is 0 Å². The average molecular weight is 330 g/mol. The van der Waals surface area contributed by atoms with Crippen LogP contribution in [0, 0.1) is 0 Å². The van der Waals surface area contributed by atoms with Gasteiger partial charge in [-0.3, -0.25) is 4.79 Å². The van der Waals surface area contributed by atoms with Crippen LogP contribution in [0.15, 0.2) is 28.7 Å². The second kappa shape index (κ2) is 8.17. The number of halogens is 1. The summed E-state index contributed by atoms with van der Waals surface area (Å²) < 4.78 is 6.50. The van der Waals surface area contributed by atoms with E-state index in [9.17, 15) is 4.79 Å². The molecular formula is C14H20BrNO3. The molecule has 0 fully saturated rings. The van der Waals surface area contributed by atoms with Crippen LogP contribution in [0.5, 0.6) is 5.75 Å². The Bertz CT molecular complexity index is 392. The van der Waals surface area contributed by atoms with Crippen molar-refractivity contribution in [2.75, 3.05) is 19.8 Å². The molecule has 0 heterocycles. The summed E-state index contributed by atoms with van der Waals surface area (Å²) in [6.07, 6.45) is 0.314. The predicted molar refractivity (Wildman–Crippen MR) is 78.2 cm³/mol. The summed E-state index contributed by atoms with van der Waals surface area (Å²) >= 11 is 3.35. The minimum Gasteiger partial charge on any atom is -0.493 e. The highest BCUT2D eigenvalue weighted by Gasteiger charge is 2.15. The molecule has 19 heavy (non-hydrogen) atoms. The lowest BCUT2D eigenvalue weighted by molar-refractivity contribution is -0.133. The van der Waals surface area contributed by atoms with Crippen LogP contribution in [0.2, 0.25) is 0 Å². The Morgan fingerprint density at radius 1 is 1.37 bits per heavy atom. The number of benzene rings is 1. The normalized spacial score (nSPS) is 10.6. The molecule has 0 aliphatic rings. The van der Waals surface area contributed by atoms with Crippen molar-refractivity contribution in [1.82, 2.24) is 4.90 Å². The maximum absolute atomic E-state index is 11.9. The Labute approximate surface area is 122 Å². The average Bonchev–Trinajstić information content (AvgIpc) is 2.37. The van der Waals surface area contributed by atoms with Crippen molar-refractivity contribution >= 4 is 21.8 Å². The van der Waals surface area contributed by atoms with Crippen LogP contribution in [-0.2, 0) is 4.79 Å². The third-order valence-corrected chi connectivity index (χ3v) is 3.21. The van der Waals surface area contributed by atoms with E-state index in [-0.39, 0.29) is 18.6 Å². The van der Waals surface area contributed by atoms with Gasteiger partial charge in [-0.1, -0.05) is 15.9 Å². The molecule has 0 radical (unpaired) electrons. The minimum atomic E-state index is -0.0164. The van der Waals surface area contributed by atoms with Crippen LogP contribution in [0.3, 0.4) is 0 Å². The second-order valence-electron chi connectivity index (χ2n) is 4.46. The van der Waals surface area contributed by atoms with E-state index in [1.807, 2.05) is 38.1 Å². The van der Waals surface area contributed by atoms with Gasteiger partial charge >= 0.3 is 0 Å². The summed E-state index contributed by atoms with van der Waals surface area (Å²) in [4.78, 5) is 13.6. The number of carbonyl (C=O) groups excluding carboxylic acids is 1. The van der Waals surface area contributed by atoms with Gasteiger partial charge in [0, 0.05) is 17.1 Å². The highest BCUT2D eigenvalue weighted by atomic mass is 79.9. The number of aliphatic hydroxyl groups is 1. The van der Waals surface area contributed by atoms with Crippen molar-refractivity contribution in [2.45, 2.75) is 26.3 Å². The maximum atomic E-state index is 11.9. The summed E-state index contributed by atoms with van der Waals surface area (Å²) in [5.41, 5.74) is 0. The van der Waals surface area contributed by atoms with E-state index in [0.717, 1.165) is 10.2 Å². The monoisotopic (exact) mass is 329 g/mol. The van der Waals surface area contributed by atoms with Gasteiger partial charge in [0.1, 0.15) is 5.75 Å². The van der Waals surface area contributed by atoms with Gasteiger partial charge in [-0.15, -0.1) is 0 Å². The first kappa shape index (κ1) is 16.0. The van der Waals surface area contributed by atoms with Crippen LogP contribution in [0.1, 0.15) is 20.3 Å². The van der Waals surface area contributed by atoms with Crippen molar-refractivity contribution in [1.29, 1.82) is 0 Å². The van der Waals surface area contributed by atoms with Crippen molar-refractivity contribution in [3.63, 3.8) is 0 Å². The van der Waals surface area contributed by atoms with Gasteiger partial charge in [0.2, 0.25) is 5.91 Å². The molecule has 0 bridgehead atoms. The standard InChI is InChI=1S/C14H20BrNO3/c1-11(2)16(8-9-17)14(18)7-10-19-13-5-3-12(15)4-6-13/h3-6,11,17H,7-10H2,1-2H3. The Balaban J connectivity index is 2.39. The fourth-order valence-corrected chi connectivity index (χ4v) is 1.97. The van der Waals surface area contributed by atoms with Crippen molar-refractivity contribution in [3.8, 4) is 5.75 Å². The third-order valence-electron chi connectivity index (χ3n) is 2.68. The zero-order valence-electron chi connectivity index (χ0n) is 11.3. The van der Waals surface area contributed by atoms with Gasteiger partial charge in [-0.2, -0.15) is 0 Å². The van der Waals surface area contributed by atoms with Crippen molar-refractivity contribution < 1.29 is 14.6 Å². The minimum absolute atomic E-state index is 0.00108. The van der Waals surface area contributed by atoms with E-state index in [4.69, 9.17) is 9.84 Å². The first-order valence-corrected chi connectivity index (χ1v) is 7.12. The molecule has 0 spiro atoms. The maximum Gasteiger partial charge on any atom is 0.226 e. The number of amides is 1. The molecule has 0 aliphatic heterocycles. The molecule has 1 N–H and O–H groups in total. The summed E-state index contributed by atoms with van der Waals surface area (Å²) in [6.45, 7) is 4.56. The van der Waals surface area contributed by atoms with E-state index < -0.39 is 0 Å². The van der Waals surface area contributed by atoms with E-state index in [1.165, 1.54) is 0 Å². The number of hydrogen-bond acceptors (Lipinski definition) is 3. The molecule has 0 aliphatic carbocycles. The quantitative estimate of drug-likeness (QED) is 0.835. The highest BCUT2D eigenvalue weighted by molar-refractivity contribution is 9.10. The number of carbonyl (C=O) groups is 1. The molecule has 0 saturated heterocycles. The van der Waals surface area contributed by atoms with E-state index in [2.05, 4.69) is 15.9 Å². The Hall–Kier alpha value is -1.07. The Morgan fingerprint density at radius 2 is 2.00 bits per heavy atom. The van der Waals surface area contributed by atoms with Gasteiger partial charge in [-0.05, 0) is 38.1 Å². The van der Waals surface area contributed by atoms with Gasteiger partial charge in [0.05, 0.1) is 19.6 Å². The summed E-state index contributed by atoms with van der Waals surface area (Å²) in [6, 6.07) is 7.57. The fraction of sp³-hybridized carbons (Fsp3) is 0.500. The molecule has 1 aromatic rings.